The van der Waals surface area contributed by atoms with Gasteiger partial charge in [-0.25, -0.2) is 0 Å². The van der Waals surface area contributed by atoms with Gasteiger partial charge in [-0.3, -0.25) is 0 Å². The Kier molecular flexibility index (Phi) is 932. The summed E-state index contributed by atoms with van der Waals surface area (Å²) in [6.45, 7) is 0. The molecule has 0 fully saturated rings. The van der Waals surface area contributed by atoms with Crippen LogP contribution in [0, 0.1) is 0 Å². The van der Waals surface area contributed by atoms with Crippen LogP contribution in [-0.4, -0.2) is 11.0 Å². The van der Waals surface area contributed by atoms with Gasteiger partial charge in [-0.2, -0.15) is 0 Å². The molecular formula is H4FeMnNiO2. The Morgan fingerprint density at radius 2 is 0.800 bits per heavy atom. The summed E-state index contributed by atoms with van der Waals surface area (Å²) in [5, 5.41) is 0. The summed E-state index contributed by atoms with van der Waals surface area (Å²) in [4.78, 5) is 0. The van der Waals surface area contributed by atoms with Gasteiger partial charge in [0.05, 0.1) is 0 Å². The summed E-state index contributed by atoms with van der Waals surface area (Å²) in [5.41, 5.74) is 0. The molecule has 0 aliphatic rings. The molecule has 0 saturated carbocycles. The Hall–Kier alpha value is 1.45. The van der Waals surface area contributed by atoms with E-state index in [0.717, 1.165) is 0 Å². The van der Waals surface area contributed by atoms with E-state index in [9.17, 15) is 0 Å². The zero-order valence-corrected chi connectivity index (χ0v) is 5.32. The molecule has 0 aromatic heterocycles. The molecule has 0 spiro atoms. The molecular weight excluding hydrogens is 201 g/mol. The summed E-state index contributed by atoms with van der Waals surface area (Å²) in [6, 6.07) is 0. The molecule has 0 saturated heterocycles. The molecule has 0 aromatic carbocycles. The molecule has 0 unspecified atom stereocenters. The fourth-order valence-corrected chi connectivity index (χ4v) is 0. The molecule has 0 atom stereocenters. The monoisotopic (exact) mass is 205 g/mol. The third-order valence-electron chi connectivity index (χ3n) is 0. The molecule has 0 aliphatic carbocycles. The zero-order valence-electron chi connectivity index (χ0n) is 2.05. The maximum absolute atomic E-state index is 0. The van der Waals surface area contributed by atoms with Crippen LogP contribution in [0.15, 0.2) is 0 Å². The van der Waals surface area contributed by atoms with Gasteiger partial charge in [0.1, 0.15) is 0 Å². The summed E-state index contributed by atoms with van der Waals surface area (Å²) >= 11 is 0. The van der Waals surface area contributed by atoms with Crippen LogP contribution in [0.4, 0.5) is 0 Å². The van der Waals surface area contributed by atoms with Gasteiger partial charge in [0.15, 0.2) is 0 Å². The Labute approximate surface area is 61.6 Å². The average molecular weight is 206 g/mol. The fourth-order valence-electron chi connectivity index (χ4n) is 0. The maximum atomic E-state index is 0. The molecule has 0 aliphatic heterocycles. The van der Waals surface area contributed by atoms with Crippen molar-refractivity contribution in [2.24, 2.45) is 0 Å². The van der Waals surface area contributed by atoms with Crippen LogP contribution in [-0.2, 0) is 50.6 Å². The Morgan fingerprint density at radius 1 is 0.800 bits per heavy atom. The van der Waals surface area contributed by atoms with Crippen molar-refractivity contribution < 1.29 is 61.6 Å². The van der Waals surface area contributed by atoms with Crippen molar-refractivity contribution in [1.82, 2.24) is 0 Å². The van der Waals surface area contributed by atoms with E-state index >= 15 is 0 Å². The van der Waals surface area contributed by atoms with Gasteiger partial charge in [-0.15, -0.1) is 0 Å². The minimum atomic E-state index is 0. The number of hydrogen-bond donors (Lipinski definition) is 0. The van der Waals surface area contributed by atoms with E-state index in [2.05, 4.69) is 0 Å². The predicted octanol–water partition coefficient (Wildman–Crippen LogP) is -1.66. The van der Waals surface area contributed by atoms with Crippen LogP contribution < -0.4 is 0 Å². The molecule has 41 valence electrons. The van der Waals surface area contributed by atoms with E-state index in [1.165, 1.54) is 0 Å². The van der Waals surface area contributed by atoms with Crippen molar-refractivity contribution in [3.8, 4) is 0 Å². The van der Waals surface area contributed by atoms with Crippen LogP contribution in [0.1, 0.15) is 0 Å². The van der Waals surface area contributed by atoms with E-state index in [1.807, 2.05) is 0 Å². The third-order valence-corrected chi connectivity index (χ3v) is 0. The molecule has 2 nitrogen and oxygen atoms in total. The first kappa shape index (κ1) is 90.9. The average Bonchev–Trinajstić information content (AvgIpc) is 0. The minimum absolute atomic E-state index is 0. The van der Waals surface area contributed by atoms with Gasteiger partial charge in [-0.05, 0) is 0 Å². The summed E-state index contributed by atoms with van der Waals surface area (Å²) in [7, 11) is 0. The molecule has 0 rings (SSSR count). The second-order valence-electron chi connectivity index (χ2n) is 0. The molecule has 0 heterocycles. The van der Waals surface area contributed by atoms with E-state index in [0.29, 0.717) is 0 Å². The van der Waals surface area contributed by atoms with E-state index in [4.69, 9.17) is 0 Å². The summed E-state index contributed by atoms with van der Waals surface area (Å²) in [6.07, 6.45) is 0. The van der Waals surface area contributed by atoms with Crippen molar-refractivity contribution in [3.63, 3.8) is 0 Å². The Morgan fingerprint density at radius 3 is 0.800 bits per heavy atom. The van der Waals surface area contributed by atoms with Gasteiger partial charge in [0.2, 0.25) is 0 Å². The molecule has 4 N–H and O–H groups in total. The molecule has 5 heavy (non-hydrogen) atoms. The molecule has 1 radical (unpaired) electrons. The Balaban J connectivity index is 0. The third kappa shape index (κ3) is 30.8. The second kappa shape index (κ2) is 51.2. The summed E-state index contributed by atoms with van der Waals surface area (Å²) in [5.74, 6) is 0. The summed E-state index contributed by atoms with van der Waals surface area (Å²) < 4.78 is 0. The zero-order chi connectivity index (χ0) is 0. The molecule has 0 bridgehead atoms. The maximum Gasteiger partial charge on any atom is 0 e. The van der Waals surface area contributed by atoms with E-state index < -0.39 is 0 Å². The van der Waals surface area contributed by atoms with Crippen molar-refractivity contribution in [3.05, 3.63) is 0 Å². The smallest absolute Gasteiger partial charge is 0 e. The van der Waals surface area contributed by atoms with E-state index in [1.54, 1.807) is 0 Å². The van der Waals surface area contributed by atoms with Crippen LogP contribution in [0.25, 0.3) is 0 Å². The largest absolute Gasteiger partial charge is 0.412 e. The fraction of sp³-hybridized carbons (Fsp3) is 0. The first-order valence-electron chi connectivity index (χ1n) is 0. The first-order chi connectivity index (χ1) is 0. The normalized spacial score (nSPS) is 0. The van der Waals surface area contributed by atoms with Crippen LogP contribution in [0.3, 0.4) is 0 Å². The molecule has 0 amide bonds. The van der Waals surface area contributed by atoms with Gasteiger partial charge in [0.25, 0.3) is 0 Å². The van der Waals surface area contributed by atoms with Crippen molar-refractivity contribution >= 4 is 0 Å². The van der Waals surface area contributed by atoms with Gasteiger partial charge >= 0.3 is 0 Å². The van der Waals surface area contributed by atoms with Gasteiger partial charge in [0, 0.05) is 50.6 Å². The van der Waals surface area contributed by atoms with Crippen molar-refractivity contribution in [1.29, 1.82) is 0 Å². The number of hydrogen-bond acceptors (Lipinski definition) is 0. The minimum Gasteiger partial charge on any atom is -0.412 e. The molecule has 0 aromatic rings. The standard InChI is InChI=1S/Fe.Mn.Ni.2H2O/h;;;2*1H2. The van der Waals surface area contributed by atoms with Crippen LogP contribution in [0.5, 0.6) is 0 Å². The van der Waals surface area contributed by atoms with Crippen molar-refractivity contribution in [2.75, 3.05) is 0 Å². The number of rotatable bonds is 0. The van der Waals surface area contributed by atoms with Gasteiger partial charge in [-0.1, -0.05) is 0 Å². The topological polar surface area (TPSA) is 63.0 Å². The quantitative estimate of drug-likeness (QED) is 0.425. The second-order valence-corrected chi connectivity index (χ2v) is 0. The predicted molar refractivity (Wildman–Crippen MR) is 7.23 cm³/mol. The Bertz CT molecular complexity index is 9.61. The van der Waals surface area contributed by atoms with Crippen LogP contribution in [0.2, 0.25) is 0 Å². The van der Waals surface area contributed by atoms with Crippen LogP contribution >= 0.6 is 0 Å². The molecule has 5 heteroatoms. The van der Waals surface area contributed by atoms with E-state index in [-0.39, 0.29) is 61.6 Å². The first-order valence-corrected chi connectivity index (χ1v) is 0. The van der Waals surface area contributed by atoms with Crippen molar-refractivity contribution in [2.45, 2.75) is 0 Å². The van der Waals surface area contributed by atoms with Gasteiger partial charge < -0.3 is 11.0 Å². The SMILES string of the molecule is O.O.[Fe].[Mn].[Ni].